The van der Waals surface area contributed by atoms with Gasteiger partial charge in [-0.1, -0.05) is 30.3 Å². The zero-order valence-corrected chi connectivity index (χ0v) is 19.9. The van der Waals surface area contributed by atoms with E-state index in [0.29, 0.717) is 11.3 Å². The van der Waals surface area contributed by atoms with Crippen LogP contribution in [0.2, 0.25) is 0 Å². The van der Waals surface area contributed by atoms with Crippen LogP contribution in [-0.2, 0) is 31.2 Å². The summed E-state index contributed by atoms with van der Waals surface area (Å²) in [7, 11) is -7.01. The Morgan fingerprint density at radius 3 is 2.47 bits per heavy atom. The van der Waals surface area contributed by atoms with Crippen LogP contribution in [0.15, 0.2) is 40.9 Å². The maximum absolute atomic E-state index is 13.4. The Bertz CT molecular complexity index is 1170. The molecule has 32 heavy (non-hydrogen) atoms. The number of sulfonamides is 1. The molecular weight excluding hydrogens is 472 g/mol. The van der Waals surface area contributed by atoms with Gasteiger partial charge in [-0.25, -0.2) is 21.8 Å². The van der Waals surface area contributed by atoms with Gasteiger partial charge in [-0.3, -0.25) is 4.79 Å². The van der Waals surface area contributed by atoms with Crippen molar-refractivity contribution in [2.75, 3.05) is 37.7 Å². The summed E-state index contributed by atoms with van der Waals surface area (Å²) in [5, 5.41) is 0. The van der Waals surface area contributed by atoms with Gasteiger partial charge in [0, 0.05) is 43.8 Å². The number of nitrogens with zero attached hydrogens (tertiary/aromatic N) is 3. The van der Waals surface area contributed by atoms with Crippen molar-refractivity contribution in [1.82, 2.24) is 14.2 Å². The quantitative estimate of drug-likeness (QED) is 0.640. The van der Waals surface area contributed by atoms with E-state index in [4.69, 9.17) is 5.73 Å². The number of nitrogens with two attached hydrogens (primary N) is 1. The zero-order chi connectivity index (χ0) is 22.9. The summed E-state index contributed by atoms with van der Waals surface area (Å²) in [5.41, 5.74) is 6.58. The Balaban J connectivity index is 1.61. The number of thiazole rings is 1. The summed E-state index contributed by atoms with van der Waals surface area (Å²) in [6.45, 7) is 0.797. The van der Waals surface area contributed by atoms with Gasteiger partial charge in [-0.2, -0.15) is 4.31 Å². The van der Waals surface area contributed by atoms with Crippen LogP contribution < -0.4 is 5.73 Å². The summed E-state index contributed by atoms with van der Waals surface area (Å²) in [6.07, 6.45) is 1.97. The Morgan fingerprint density at radius 1 is 1.16 bits per heavy atom. The van der Waals surface area contributed by atoms with E-state index in [1.165, 1.54) is 10.5 Å². The van der Waals surface area contributed by atoms with Crippen LogP contribution >= 0.6 is 11.3 Å². The lowest BCUT2D eigenvalue weighted by Gasteiger charge is -2.38. The number of carbonyl (C=O) groups is 1. The molecule has 1 aromatic heterocycles. The monoisotopic (exact) mass is 498 g/mol. The molecule has 3 heterocycles. The molecule has 0 radical (unpaired) electrons. The molecule has 0 saturated carbocycles. The maximum Gasteiger partial charge on any atom is 0.270 e. The summed E-state index contributed by atoms with van der Waals surface area (Å²) in [6, 6.07) is 9.55. The highest BCUT2D eigenvalue weighted by atomic mass is 32.2. The van der Waals surface area contributed by atoms with Crippen LogP contribution in [-0.4, -0.2) is 74.6 Å². The smallest absolute Gasteiger partial charge is 0.270 e. The average Bonchev–Trinajstić information content (AvgIpc) is 3.29. The first-order chi connectivity index (χ1) is 15.2. The molecule has 1 amide bonds. The first-order valence-electron chi connectivity index (χ1n) is 10.4. The topological polar surface area (TPSA) is 131 Å². The first-order valence-corrected chi connectivity index (χ1v) is 14.5. The molecule has 1 aromatic carbocycles. The Hall–Kier alpha value is -1.86. The van der Waals surface area contributed by atoms with Crippen LogP contribution in [0, 0.1) is 5.92 Å². The molecule has 2 N–H and O–H groups in total. The van der Waals surface area contributed by atoms with E-state index in [1.54, 1.807) is 4.90 Å². The summed E-state index contributed by atoms with van der Waals surface area (Å²) < 4.78 is 51.5. The van der Waals surface area contributed by atoms with E-state index in [0.717, 1.165) is 16.9 Å². The summed E-state index contributed by atoms with van der Waals surface area (Å²) >= 11 is 1.04. The molecule has 0 bridgehead atoms. The highest BCUT2D eigenvalue weighted by molar-refractivity contribution is 7.91. The van der Waals surface area contributed by atoms with Crippen molar-refractivity contribution in [3.05, 3.63) is 47.0 Å². The second kappa shape index (κ2) is 9.18. The summed E-state index contributed by atoms with van der Waals surface area (Å²) in [4.78, 5) is 19.6. The van der Waals surface area contributed by atoms with Crippen molar-refractivity contribution in [2.24, 2.45) is 11.7 Å². The standard InChI is InChI=1S/C20H26N4O5S3/c21-11-18-12-22-20(30-18)32(28,29)24-13-16(15-4-2-1-3-5-15)10-17(14-24)19(25)23-6-8-31(26,27)9-7-23/h1-5,12,16-17H,6-11,13-14,21H2/t16-,17-/m0/s1. The van der Waals surface area contributed by atoms with E-state index in [2.05, 4.69) is 4.98 Å². The van der Waals surface area contributed by atoms with E-state index < -0.39 is 25.8 Å². The zero-order valence-electron chi connectivity index (χ0n) is 17.5. The van der Waals surface area contributed by atoms with Crippen LogP contribution in [0.4, 0.5) is 0 Å². The fourth-order valence-corrected chi connectivity index (χ4v) is 8.14. The number of benzene rings is 1. The average molecular weight is 499 g/mol. The molecule has 12 heteroatoms. The molecule has 2 saturated heterocycles. The van der Waals surface area contributed by atoms with Crippen LogP contribution in [0.3, 0.4) is 0 Å². The minimum absolute atomic E-state index is 0.0260. The van der Waals surface area contributed by atoms with Gasteiger partial charge in [0.15, 0.2) is 9.84 Å². The van der Waals surface area contributed by atoms with Gasteiger partial charge < -0.3 is 10.6 Å². The number of piperidine rings is 1. The predicted octanol–water partition coefficient (Wildman–Crippen LogP) is 0.653. The van der Waals surface area contributed by atoms with Crippen molar-refractivity contribution < 1.29 is 21.6 Å². The molecule has 174 valence electrons. The van der Waals surface area contributed by atoms with Gasteiger partial charge in [-0.05, 0) is 17.9 Å². The molecule has 9 nitrogen and oxygen atoms in total. The molecule has 2 aliphatic heterocycles. The molecule has 2 atom stereocenters. The fraction of sp³-hybridized carbons (Fsp3) is 0.500. The molecule has 0 aliphatic carbocycles. The van der Waals surface area contributed by atoms with Crippen molar-refractivity contribution in [3.63, 3.8) is 0 Å². The molecule has 0 spiro atoms. The second-order valence-electron chi connectivity index (χ2n) is 8.14. The molecular formula is C20H26N4O5S3. The highest BCUT2D eigenvalue weighted by Gasteiger charge is 2.41. The van der Waals surface area contributed by atoms with Gasteiger partial charge in [-0.15, -0.1) is 11.3 Å². The molecule has 2 aromatic rings. The fourth-order valence-electron chi connectivity index (χ4n) is 4.21. The Kier molecular flexibility index (Phi) is 6.68. The Labute approximate surface area is 192 Å². The van der Waals surface area contributed by atoms with Crippen LogP contribution in [0.25, 0.3) is 0 Å². The highest BCUT2D eigenvalue weighted by Crippen LogP contribution is 2.35. The van der Waals surface area contributed by atoms with Gasteiger partial charge in [0.05, 0.1) is 17.4 Å². The lowest BCUT2D eigenvalue weighted by atomic mass is 9.85. The largest absolute Gasteiger partial charge is 0.340 e. The number of aromatic nitrogens is 1. The number of amides is 1. The first kappa shape index (κ1) is 23.3. The number of rotatable bonds is 5. The number of sulfone groups is 1. The van der Waals surface area contributed by atoms with Gasteiger partial charge in [0.2, 0.25) is 10.2 Å². The molecule has 0 unspecified atom stereocenters. The number of hydrogen-bond donors (Lipinski definition) is 1. The van der Waals surface area contributed by atoms with E-state index in [9.17, 15) is 21.6 Å². The Morgan fingerprint density at radius 2 is 1.84 bits per heavy atom. The van der Waals surface area contributed by atoms with Gasteiger partial charge in [0.1, 0.15) is 0 Å². The van der Waals surface area contributed by atoms with Crippen molar-refractivity contribution in [3.8, 4) is 0 Å². The lowest BCUT2D eigenvalue weighted by molar-refractivity contribution is -0.136. The van der Waals surface area contributed by atoms with E-state index >= 15 is 0 Å². The van der Waals surface area contributed by atoms with Crippen molar-refractivity contribution in [2.45, 2.75) is 23.2 Å². The number of hydrogen-bond acceptors (Lipinski definition) is 8. The van der Waals surface area contributed by atoms with Crippen molar-refractivity contribution in [1.29, 1.82) is 0 Å². The van der Waals surface area contributed by atoms with Gasteiger partial charge >= 0.3 is 0 Å². The molecule has 2 aliphatic rings. The van der Waals surface area contributed by atoms with Crippen molar-refractivity contribution >= 4 is 37.1 Å². The predicted molar refractivity (Wildman–Crippen MR) is 121 cm³/mol. The van der Waals surface area contributed by atoms with E-state index in [1.807, 2.05) is 30.3 Å². The van der Waals surface area contributed by atoms with Gasteiger partial charge in [0.25, 0.3) is 10.0 Å². The van der Waals surface area contributed by atoms with Crippen LogP contribution in [0.5, 0.6) is 0 Å². The lowest BCUT2D eigenvalue weighted by Crippen LogP contribution is -2.52. The van der Waals surface area contributed by atoms with Crippen LogP contribution in [0.1, 0.15) is 22.8 Å². The minimum Gasteiger partial charge on any atom is -0.340 e. The SMILES string of the molecule is NCc1cnc(S(=O)(=O)N2C[C@@H](C(=O)N3CCS(=O)(=O)CC3)C[C@H](c3ccccc3)C2)s1. The number of carbonyl (C=O) groups excluding carboxylic acids is 1. The van der Waals surface area contributed by atoms with E-state index in [-0.39, 0.29) is 60.4 Å². The third kappa shape index (κ3) is 4.88. The third-order valence-corrected chi connectivity index (χ3v) is 10.8. The minimum atomic E-state index is -3.89. The summed E-state index contributed by atoms with van der Waals surface area (Å²) in [5.74, 6) is -1.02. The maximum atomic E-state index is 13.4. The normalized spacial score (nSPS) is 24.3. The third-order valence-electron chi connectivity index (χ3n) is 5.99. The second-order valence-corrected chi connectivity index (χ2v) is 13.7. The molecule has 2 fully saturated rings. The molecule has 4 rings (SSSR count).